The molecular formula is C8H6ClF2NO. The highest BCUT2D eigenvalue weighted by molar-refractivity contribution is 6.30. The fourth-order valence-corrected chi connectivity index (χ4v) is 1.28. The van der Waals surface area contributed by atoms with Crippen molar-refractivity contribution in [2.45, 2.75) is 6.11 Å². The van der Waals surface area contributed by atoms with Gasteiger partial charge in [-0.15, -0.1) is 0 Å². The fourth-order valence-electron chi connectivity index (χ4n) is 1.12. The van der Waals surface area contributed by atoms with Crippen LogP contribution in [-0.4, -0.2) is 12.7 Å². The number of rotatable bonds is 0. The summed E-state index contributed by atoms with van der Waals surface area (Å²) in [6.45, 7) is -0.512. The molecule has 1 N–H and O–H groups in total. The molecule has 0 radical (unpaired) electrons. The summed E-state index contributed by atoms with van der Waals surface area (Å²) in [5, 5.41) is 2.92. The van der Waals surface area contributed by atoms with E-state index in [1.54, 1.807) is 12.1 Å². The summed E-state index contributed by atoms with van der Waals surface area (Å²) in [7, 11) is 0. The number of anilines is 1. The molecule has 70 valence electrons. The number of benzene rings is 1. The lowest BCUT2D eigenvalue weighted by molar-refractivity contribution is -0.166. The Kier molecular flexibility index (Phi) is 1.80. The molecule has 13 heavy (non-hydrogen) atoms. The zero-order valence-electron chi connectivity index (χ0n) is 6.48. The molecule has 0 saturated carbocycles. The lowest BCUT2D eigenvalue weighted by Gasteiger charge is -2.26. The first kappa shape index (κ1) is 8.56. The molecule has 2 nitrogen and oxygen atoms in total. The number of ether oxygens (including phenoxy) is 1. The second-order valence-electron chi connectivity index (χ2n) is 2.73. The van der Waals surface area contributed by atoms with Crippen molar-refractivity contribution in [3.05, 3.63) is 23.2 Å². The summed E-state index contributed by atoms with van der Waals surface area (Å²) in [4.78, 5) is 0. The molecule has 0 unspecified atom stereocenters. The Morgan fingerprint density at radius 2 is 2.23 bits per heavy atom. The molecule has 0 aliphatic carbocycles. The zero-order chi connectivity index (χ0) is 9.47. The van der Waals surface area contributed by atoms with E-state index in [0.29, 0.717) is 10.7 Å². The average molecular weight is 206 g/mol. The van der Waals surface area contributed by atoms with Gasteiger partial charge in [0.2, 0.25) is 0 Å². The van der Waals surface area contributed by atoms with Crippen LogP contribution in [-0.2, 0) is 0 Å². The van der Waals surface area contributed by atoms with Gasteiger partial charge in [0.15, 0.2) is 5.75 Å². The fraction of sp³-hybridized carbons (Fsp3) is 0.250. The molecule has 0 atom stereocenters. The molecule has 1 aliphatic rings. The van der Waals surface area contributed by atoms with Crippen LogP contribution in [0.25, 0.3) is 0 Å². The van der Waals surface area contributed by atoms with Crippen LogP contribution in [0.15, 0.2) is 18.2 Å². The summed E-state index contributed by atoms with van der Waals surface area (Å²) in [6.07, 6.45) is -3.16. The van der Waals surface area contributed by atoms with Crippen LogP contribution in [0, 0.1) is 0 Å². The predicted molar refractivity (Wildman–Crippen MR) is 45.5 cm³/mol. The minimum atomic E-state index is -3.16. The molecule has 1 aliphatic heterocycles. The van der Waals surface area contributed by atoms with Gasteiger partial charge in [-0.05, 0) is 12.1 Å². The van der Waals surface area contributed by atoms with E-state index in [0.717, 1.165) is 0 Å². The largest absolute Gasteiger partial charge is 0.429 e. The third kappa shape index (κ3) is 1.67. The van der Waals surface area contributed by atoms with E-state index in [1.807, 2.05) is 0 Å². The molecule has 2 rings (SSSR count). The molecule has 1 aromatic carbocycles. The van der Waals surface area contributed by atoms with E-state index in [4.69, 9.17) is 11.6 Å². The smallest absolute Gasteiger partial charge is 0.415 e. The third-order valence-electron chi connectivity index (χ3n) is 1.69. The summed E-state index contributed by atoms with van der Waals surface area (Å²) >= 11 is 5.62. The normalized spacial score (nSPS) is 18.4. The first-order valence-electron chi connectivity index (χ1n) is 3.67. The number of hydrogen-bond donors (Lipinski definition) is 1. The first-order valence-corrected chi connectivity index (χ1v) is 4.05. The summed E-state index contributed by atoms with van der Waals surface area (Å²) in [5.74, 6) is 0.0868. The highest BCUT2D eigenvalue weighted by Gasteiger charge is 2.36. The molecule has 0 spiro atoms. The average Bonchev–Trinajstić information content (AvgIpc) is 2.01. The minimum Gasteiger partial charge on any atom is -0.429 e. The van der Waals surface area contributed by atoms with Crippen molar-refractivity contribution < 1.29 is 13.5 Å². The second kappa shape index (κ2) is 2.73. The van der Waals surface area contributed by atoms with Gasteiger partial charge in [0.05, 0.1) is 5.69 Å². The molecule has 0 amide bonds. The van der Waals surface area contributed by atoms with E-state index in [1.165, 1.54) is 6.07 Å². The van der Waals surface area contributed by atoms with Gasteiger partial charge in [0, 0.05) is 11.1 Å². The third-order valence-corrected chi connectivity index (χ3v) is 1.92. The van der Waals surface area contributed by atoms with Gasteiger partial charge in [0.1, 0.15) is 6.54 Å². The van der Waals surface area contributed by atoms with Crippen LogP contribution in [0.4, 0.5) is 14.5 Å². The Balaban J connectivity index is 2.38. The van der Waals surface area contributed by atoms with E-state index in [-0.39, 0.29) is 5.75 Å². The van der Waals surface area contributed by atoms with Crippen LogP contribution in [0.1, 0.15) is 0 Å². The molecule has 0 aromatic heterocycles. The lowest BCUT2D eigenvalue weighted by Crippen LogP contribution is -2.37. The van der Waals surface area contributed by atoms with Crippen molar-refractivity contribution in [2.24, 2.45) is 0 Å². The number of nitrogens with one attached hydrogen (secondary N) is 1. The maximum absolute atomic E-state index is 12.7. The standard InChI is InChI=1S/C8H6ClF2NO/c9-5-1-2-6-7(3-5)13-8(10,11)4-12-6/h1-3,12H,4H2. The lowest BCUT2D eigenvalue weighted by atomic mass is 10.2. The molecule has 0 fully saturated rings. The van der Waals surface area contributed by atoms with Crippen LogP contribution in [0.2, 0.25) is 5.02 Å². The highest BCUT2D eigenvalue weighted by Crippen LogP contribution is 2.35. The summed E-state index contributed by atoms with van der Waals surface area (Å²) in [5.41, 5.74) is 0.537. The van der Waals surface area contributed by atoms with E-state index >= 15 is 0 Å². The van der Waals surface area contributed by atoms with Crippen LogP contribution in [0.5, 0.6) is 5.75 Å². The molecular weight excluding hydrogens is 200 g/mol. The highest BCUT2D eigenvalue weighted by atomic mass is 35.5. The van der Waals surface area contributed by atoms with E-state index < -0.39 is 12.7 Å². The SMILES string of the molecule is FC1(F)CNc2ccc(Cl)cc2O1. The molecule has 5 heteroatoms. The van der Waals surface area contributed by atoms with Gasteiger partial charge in [-0.3, -0.25) is 0 Å². The maximum atomic E-state index is 12.7. The predicted octanol–water partition coefficient (Wildman–Crippen LogP) is 2.74. The summed E-state index contributed by atoms with van der Waals surface area (Å²) < 4.78 is 29.8. The van der Waals surface area contributed by atoms with Crippen molar-refractivity contribution in [3.8, 4) is 5.75 Å². The Labute approximate surface area is 78.5 Å². The Morgan fingerprint density at radius 3 is 3.00 bits per heavy atom. The van der Waals surface area contributed by atoms with Gasteiger partial charge in [-0.1, -0.05) is 11.6 Å². The van der Waals surface area contributed by atoms with Crippen LogP contribution < -0.4 is 10.1 Å². The van der Waals surface area contributed by atoms with Gasteiger partial charge >= 0.3 is 6.11 Å². The van der Waals surface area contributed by atoms with Gasteiger partial charge < -0.3 is 10.1 Å². The van der Waals surface area contributed by atoms with Crippen LogP contribution in [0.3, 0.4) is 0 Å². The molecule has 0 saturated heterocycles. The van der Waals surface area contributed by atoms with Crippen molar-refractivity contribution >= 4 is 17.3 Å². The monoisotopic (exact) mass is 205 g/mol. The molecule has 0 bridgehead atoms. The van der Waals surface area contributed by atoms with Gasteiger partial charge in [0.25, 0.3) is 0 Å². The van der Waals surface area contributed by atoms with Crippen LogP contribution >= 0.6 is 11.6 Å². The Bertz CT molecular complexity index is 343. The number of halogens is 3. The van der Waals surface area contributed by atoms with Crippen molar-refractivity contribution in [3.63, 3.8) is 0 Å². The quantitative estimate of drug-likeness (QED) is 0.703. The van der Waals surface area contributed by atoms with Crippen molar-refractivity contribution in [1.82, 2.24) is 0 Å². The Morgan fingerprint density at radius 1 is 1.46 bits per heavy atom. The van der Waals surface area contributed by atoms with Crippen molar-refractivity contribution in [1.29, 1.82) is 0 Å². The van der Waals surface area contributed by atoms with E-state index in [9.17, 15) is 8.78 Å². The minimum absolute atomic E-state index is 0.0868. The van der Waals surface area contributed by atoms with Gasteiger partial charge in [-0.25, -0.2) is 0 Å². The number of hydrogen-bond acceptors (Lipinski definition) is 2. The number of fused-ring (bicyclic) bond motifs is 1. The second-order valence-corrected chi connectivity index (χ2v) is 3.17. The first-order chi connectivity index (χ1) is 6.07. The molecule has 1 aromatic rings. The van der Waals surface area contributed by atoms with Gasteiger partial charge in [-0.2, -0.15) is 8.78 Å². The Hall–Kier alpha value is -1.03. The molecule has 1 heterocycles. The topological polar surface area (TPSA) is 21.3 Å². The number of alkyl halides is 2. The zero-order valence-corrected chi connectivity index (χ0v) is 7.24. The van der Waals surface area contributed by atoms with E-state index in [2.05, 4.69) is 10.1 Å². The summed E-state index contributed by atoms with van der Waals surface area (Å²) in [6, 6.07) is 4.57. The maximum Gasteiger partial charge on any atom is 0.415 e. The van der Waals surface area contributed by atoms with Crippen molar-refractivity contribution in [2.75, 3.05) is 11.9 Å².